The average Bonchev–Trinajstić information content (AvgIpc) is 2.62. The number of hydrogen-bond donors (Lipinski definition) is 2. The molecule has 0 unspecified atom stereocenters. The number of carbonyl (C=O) groups is 2. The maximum atomic E-state index is 13.2. The first-order chi connectivity index (χ1) is 13.4. The minimum Gasteiger partial charge on any atom is -0.449 e. The third-order valence-electron chi connectivity index (χ3n) is 3.97. The van der Waals surface area contributed by atoms with Crippen molar-refractivity contribution in [2.45, 2.75) is 26.1 Å². The van der Waals surface area contributed by atoms with Crippen LogP contribution in [0.25, 0.3) is 0 Å². The van der Waals surface area contributed by atoms with Crippen LogP contribution in [0.5, 0.6) is 0 Å². The predicted octanol–water partition coefficient (Wildman–Crippen LogP) is 3.69. The number of alkyl halides is 3. The molecule has 0 radical (unpaired) electrons. The van der Waals surface area contributed by atoms with Crippen molar-refractivity contribution in [2.24, 2.45) is 0 Å². The Balaban J connectivity index is 2.20. The number of carbonyl (C=O) groups excluding carboxylic acids is 2. The Labute approximate surface area is 162 Å². The summed E-state index contributed by atoms with van der Waals surface area (Å²) in [4.78, 5) is 34.1. The number of halogens is 3. The molecule has 1 amide bonds. The van der Waals surface area contributed by atoms with Crippen molar-refractivity contribution in [1.29, 1.82) is 0 Å². The number of non-ortho nitro benzene ring substituents is 1. The lowest BCUT2D eigenvalue weighted by atomic mass is 10.1. The van der Waals surface area contributed by atoms with Gasteiger partial charge in [-0.25, -0.2) is 4.79 Å². The summed E-state index contributed by atoms with van der Waals surface area (Å²) in [6.07, 6.45) is -6.41. The van der Waals surface area contributed by atoms with Gasteiger partial charge in [-0.15, -0.1) is 0 Å². The number of amides is 1. The number of nitro groups is 1. The molecule has 2 rings (SSSR count). The van der Waals surface area contributed by atoms with E-state index in [1.807, 2.05) is 5.32 Å². The van der Waals surface area contributed by atoms with E-state index in [1.165, 1.54) is 6.07 Å². The Morgan fingerprint density at radius 1 is 1.24 bits per heavy atom. The molecule has 0 heterocycles. The summed E-state index contributed by atoms with van der Waals surface area (Å²) >= 11 is 0. The number of esters is 1. The molecule has 0 aliphatic rings. The predicted molar refractivity (Wildman–Crippen MR) is 97.2 cm³/mol. The van der Waals surface area contributed by atoms with Crippen LogP contribution in [0, 0.1) is 17.0 Å². The molecule has 0 fully saturated rings. The summed E-state index contributed by atoms with van der Waals surface area (Å²) in [7, 11) is 0. The number of nitrogens with two attached hydrogens (primary N) is 1. The molecule has 29 heavy (non-hydrogen) atoms. The van der Waals surface area contributed by atoms with E-state index in [1.54, 1.807) is 19.1 Å². The van der Waals surface area contributed by atoms with Crippen molar-refractivity contribution in [2.75, 3.05) is 11.1 Å². The molecule has 3 N–H and O–H groups in total. The summed E-state index contributed by atoms with van der Waals surface area (Å²) in [6, 6.07) is 6.48. The van der Waals surface area contributed by atoms with Crippen LogP contribution >= 0.6 is 0 Å². The van der Waals surface area contributed by atoms with E-state index in [0.717, 1.165) is 19.1 Å². The van der Waals surface area contributed by atoms with Crippen molar-refractivity contribution in [1.82, 2.24) is 0 Å². The molecule has 2 aromatic rings. The van der Waals surface area contributed by atoms with Crippen LogP contribution in [0.3, 0.4) is 0 Å². The Morgan fingerprint density at radius 2 is 1.90 bits per heavy atom. The smallest absolute Gasteiger partial charge is 0.418 e. The van der Waals surface area contributed by atoms with Gasteiger partial charge in [0.05, 0.1) is 21.7 Å². The normalized spacial score (nSPS) is 12.2. The number of benzene rings is 2. The fourth-order valence-electron chi connectivity index (χ4n) is 2.36. The van der Waals surface area contributed by atoms with Gasteiger partial charge in [-0.2, -0.15) is 13.2 Å². The molecule has 1 atom stereocenters. The van der Waals surface area contributed by atoms with Crippen LogP contribution in [-0.2, 0) is 15.7 Å². The number of para-hydroxylation sites is 1. The molecule has 0 saturated carbocycles. The molecule has 0 bridgehead atoms. The molecule has 0 aliphatic carbocycles. The highest BCUT2D eigenvalue weighted by atomic mass is 19.4. The molecule has 2 aromatic carbocycles. The zero-order valence-corrected chi connectivity index (χ0v) is 15.2. The molecular weight excluding hydrogens is 395 g/mol. The maximum Gasteiger partial charge on any atom is 0.418 e. The second-order valence-corrected chi connectivity index (χ2v) is 6.06. The van der Waals surface area contributed by atoms with Gasteiger partial charge in [-0.05, 0) is 31.5 Å². The minimum atomic E-state index is -4.95. The standard InChI is InChI=1S/C18H16F3N3O5/c1-9-4-3-5-12(15(9)22)17(26)29-10(2)16(25)23-14-7-6-11(24(27)28)8-13(14)18(19,20)21/h3-8,10H,22H2,1-2H3,(H,23,25)/t10-/m1/s1. The van der Waals surface area contributed by atoms with Gasteiger partial charge >= 0.3 is 12.1 Å². The van der Waals surface area contributed by atoms with E-state index >= 15 is 0 Å². The van der Waals surface area contributed by atoms with Crippen LogP contribution in [0.4, 0.5) is 30.2 Å². The SMILES string of the molecule is Cc1cccc(C(=O)O[C@H](C)C(=O)Nc2ccc([N+](=O)[O-])cc2C(F)(F)F)c1N. The third kappa shape index (κ3) is 5.00. The lowest BCUT2D eigenvalue weighted by molar-refractivity contribution is -0.385. The van der Waals surface area contributed by atoms with Crippen molar-refractivity contribution in [3.63, 3.8) is 0 Å². The largest absolute Gasteiger partial charge is 0.449 e. The Bertz CT molecular complexity index is 976. The number of rotatable bonds is 5. The van der Waals surface area contributed by atoms with Crippen LogP contribution in [0.15, 0.2) is 36.4 Å². The zero-order chi connectivity index (χ0) is 21.9. The number of aryl methyl sites for hydroxylation is 1. The molecule has 0 aliphatic heterocycles. The lowest BCUT2D eigenvalue weighted by Crippen LogP contribution is -2.31. The lowest BCUT2D eigenvalue weighted by Gasteiger charge is -2.17. The number of nitrogens with zero attached hydrogens (tertiary/aromatic N) is 1. The van der Waals surface area contributed by atoms with Crippen LogP contribution in [0.2, 0.25) is 0 Å². The summed E-state index contributed by atoms with van der Waals surface area (Å²) in [5.41, 5.74) is 3.66. The number of nitrogen functional groups attached to an aromatic ring is 1. The van der Waals surface area contributed by atoms with Gasteiger partial charge < -0.3 is 15.8 Å². The first kappa shape index (κ1) is 21.7. The number of ether oxygens (including phenoxy) is 1. The summed E-state index contributed by atoms with van der Waals surface area (Å²) in [6.45, 7) is 2.83. The van der Waals surface area contributed by atoms with Gasteiger partial charge in [-0.3, -0.25) is 14.9 Å². The fourth-order valence-corrected chi connectivity index (χ4v) is 2.36. The molecule has 0 saturated heterocycles. The number of hydrogen-bond acceptors (Lipinski definition) is 6. The topological polar surface area (TPSA) is 125 Å². The zero-order valence-electron chi connectivity index (χ0n) is 15.2. The highest BCUT2D eigenvalue weighted by Gasteiger charge is 2.36. The monoisotopic (exact) mass is 411 g/mol. The second-order valence-electron chi connectivity index (χ2n) is 6.06. The second kappa shape index (κ2) is 8.17. The highest BCUT2D eigenvalue weighted by molar-refractivity contribution is 6.00. The van der Waals surface area contributed by atoms with Crippen LogP contribution < -0.4 is 11.1 Å². The minimum absolute atomic E-state index is 0.0102. The van der Waals surface area contributed by atoms with E-state index in [-0.39, 0.29) is 11.3 Å². The Hall–Kier alpha value is -3.63. The Morgan fingerprint density at radius 3 is 2.48 bits per heavy atom. The molecular formula is C18H16F3N3O5. The summed E-state index contributed by atoms with van der Waals surface area (Å²) in [5.74, 6) is -1.97. The molecule has 11 heteroatoms. The van der Waals surface area contributed by atoms with Gasteiger partial charge in [0.25, 0.3) is 11.6 Å². The van der Waals surface area contributed by atoms with Crippen molar-refractivity contribution in [3.8, 4) is 0 Å². The summed E-state index contributed by atoms with van der Waals surface area (Å²) in [5, 5.41) is 12.7. The van der Waals surface area contributed by atoms with E-state index in [0.29, 0.717) is 11.6 Å². The van der Waals surface area contributed by atoms with Gasteiger partial charge in [0.15, 0.2) is 6.10 Å². The number of anilines is 2. The molecule has 154 valence electrons. The quantitative estimate of drug-likeness (QED) is 0.335. The van der Waals surface area contributed by atoms with Gasteiger partial charge in [-0.1, -0.05) is 12.1 Å². The average molecular weight is 411 g/mol. The number of nitro benzene ring substituents is 1. The van der Waals surface area contributed by atoms with E-state index in [9.17, 15) is 32.9 Å². The third-order valence-corrected chi connectivity index (χ3v) is 3.97. The molecule has 0 aromatic heterocycles. The van der Waals surface area contributed by atoms with Gasteiger partial charge in [0, 0.05) is 17.8 Å². The van der Waals surface area contributed by atoms with Gasteiger partial charge in [0.1, 0.15) is 0 Å². The Kier molecular flexibility index (Phi) is 6.10. The van der Waals surface area contributed by atoms with E-state index < -0.39 is 46.0 Å². The summed E-state index contributed by atoms with van der Waals surface area (Å²) < 4.78 is 44.5. The highest BCUT2D eigenvalue weighted by Crippen LogP contribution is 2.37. The van der Waals surface area contributed by atoms with E-state index in [2.05, 4.69) is 0 Å². The first-order valence-electron chi connectivity index (χ1n) is 8.14. The first-order valence-corrected chi connectivity index (χ1v) is 8.14. The van der Waals surface area contributed by atoms with Crippen LogP contribution in [-0.4, -0.2) is 22.9 Å². The van der Waals surface area contributed by atoms with Crippen LogP contribution in [0.1, 0.15) is 28.4 Å². The van der Waals surface area contributed by atoms with Crippen molar-refractivity contribution in [3.05, 3.63) is 63.2 Å². The maximum absolute atomic E-state index is 13.2. The van der Waals surface area contributed by atoms with Gasteiger partial charge in [0.2, 0.25) is 0 Å². The fraction of sp³-hybridized carbons (Fsp3) is 0.222. The molecule has 8 nitrogen and oxygen atoms in total. The van der Waals surface area contributed by atoms with Crippen molar-refractivity contribution < 1.29 is 32.4 Å². The molecule has 0 spiro atoms. The number of nitrogens with one attached hydrogen (secondary N) is 1. The van der Waals surface area contributed by atoms with Crippen molar-refractivity contribution >= 4 is 28.9 Å². The van der Waals surface area contributed by atoms with E-state index in [4.69, 9.17) is 10.5 Å².